The molecule has 2 saturated heterocycles. The summed E-state index contributed by atoms with van der Waals surface area (Å²) in [6, 6.07) is 0. The van der Waals surface area contributed by atoms with Gasteiger partial charge in [-0.3, -0.25) is 4.79 Å². The first-order valence-electron chi connectivity index (χ1n) is 7.53. The number of hydrogen-bond donors (Lipinski definition) is 0. The van der Waals surface area contributed by atoms with Gasteiger partial charge in [-0.2, -0.15) is 0 Å². The summed E-state index contributed by atoms with van der Waals surface area (Å²) < 4.78 is 0. The summed E-state index contributed by atoms with van der Waals surface area (Å²) in [6.45, 7) is 16.0. The van der Waals surface area contributed by atoms with Gasteiger partial charge in [-0.05, 0) is 42.7 Å². The van der Waals surface area contributed by atoms with Crippen molar-refractivity contribution in [1.82, 2.24) is 9.80 Å². The van der Waals surface area contributed by atoms with Crippen molar-refractivity contribution in [3.8, 4) is 0 Å². The van der Waals surface area contributed by atoms with Crippen molar-refractivity contribution in [1.29, 1.82) is 0 Å². The number of likely N-dealkylation sites (tertiary alicyclic amines) is 2. The number of hydrogen-bond acceptors (Lipinski definition) is 2. The average Bonchev–Trinajstić information content (AvgIpc) is 2.83. The molecular weight excluding hydrogens is 236 g/mol. The number of carbonyl (C=O) groups is 1. The Hall–Kier alpha value is -0.830. The molecule has 0 radical (unpaired) electrons. The van der Waals surface area contributed by atoms with Crippen molar-refractivity contribution in [2.24, 2.45) is 17.3 Å². The Kier molecular flexibility index (Phi) is 4.34. The first kappa shape index (κ1) is 14.6. The lowest BCUT2D eigenvalue weighted by atomic mass is 9.90. The quantitative estimate of drug-likeness (QED) is 0.728. The highest BCUT2D eigenvalue weighted by molar-refractivity contribution is 5.87. The van der Waals surface area contributed by atoms with Crippen LogP contribution in [0.3, 0.4) is 0 Å². The van der Waals surface area contributed by atoms with Crippen LogP contribution in [0.15, 0.2) is 12.7 Å². The third kappa shape index (κ3) is 3.82. The van der Waals surface area contributed by atoms with Crippen LogP contribution in [0, 0.1) is 17.3 Å². The maximum atomic E-state index is 11.6. The van der Waals surface area contributed by atoms with Gasteiger partial charge in [0.05, 0.1) is 0 Å². The maximum absolute atomic E-state index is 11.6. The van der Waals surface area contributed by atoms with Crippen LogP contribution in [0.25, 0.3) is 0 Å². The largest absolute Gasteiger partial charge is 0.339 e. The van der Waals surface area contributed by atoms with Gasteiger partial charge in [0.25, 0.3) is 0 Å². The molecule has 2 heterocycles. The highest BCUT2D eigenvalue weighted by Crippen LogP contribution is 2.31. The van der Waals surface area contributed by atoms with Crippen LogP contribution in [0.5, 0.6) is 0 Å². The van der Waals surface area contributed by atoms with E-state index in [-0.39, 0.29) is 5.91 Å². The Balaban J connectivity index is 1.72. The summed E-state index contributed by atoms with van der Waals surface area (Å²) in [5.41, 5.74) is 0.447. The monoisotopic (exact) mass is 264 g/mol. The van der Waals surface area contributed by atoms with Crippen LogP contribution in [0.1, 0.15) is 33.6 Å². The lowest BCUT2D eigenvalue weighted by molar-refractivity contribution is -0.125. The molecule has 0 N–H and O–H groups in total. The average molecular weight is 264 g/mol. The fraction of sp³-hybridized carbons (Fsp3) is 0.812. The van der Waals surface area contributed by atoms with Gasteiger partial charge in [-0.15, -0.1) is 0 Å². The van der Waals surface area contributed by atoms with Gasteiger partial charge in [0, 0.05) is 26.2 Å². The molecule has 0 bridgehead atoms. The topological polar surface area (TPSA) is 23.6 Å². The van der Waals surface area contributed by atoms with Crippen molar-refractivity contribution in [2.75, 3.05) is 32.7 Å². The number of carbonyl (C=O) groups excluding carboxylic acids is 1. The minimum Gasteiger partial charge on any atom is -0.339 e. The molecule has 0 saturated carbocycles. The van der Waals surface area contributed by atoms with Crippen molar-refractivity contribution < 1.29 is 4.79 Å². The molecule has 3 nitrogen and oxygen atoms in total. The standard InChI is InChI=1S/C16H28N2O/c1-5-15(19)18-11-13-9-17(10-14(13)12-18)8-6-7-16(2,3)4/h5,13-14H,1,6-12H2,2-4H3/t13-,14+. The molecule has 2 aliphatic heterocycles. The lowest BCUT2D eigenvalue weighted by Crippen LogP contribution is -2.32. The third-order valence-electron chi connectivity index (χ3n) is 4.45. The minimum atomic E-state index is 0.105. The molecule has 3 heteroatoms. The van der Waals surface area contributed by atoms with Crippen LogP contribution >= 0.6 is 0 Å². The first-order valence-corrected chi connectivity index (χ1v) is 7.53. The smallest absolute Gasteiger partial charge is 0.245 e. The number of fused-ring (bicyclic) bond motifs is 1. The van der Waals surface area contributed by atoms with Gasteiger partial charge < -0.3 is 9.80 Å². The van der Waals surface area contributed by atoms with Crippen molar-refractivity contribution in [3.63, 3.8) is 0 Å². The lowest BCUT2D eigenvalue weighted by Gasteiger charge is -2.23. The van der Waals surface area contributed by atoms with Crippen LogP contribution in [-0.2, 0) is 4.79 Å². The normalized spacial score (nSPS) is 27.6. The number of rotatable bonds is 4. The number of amides is 1. The van der Waals surface area contributed by atoms with Crippen LogP contribution in [0.2, 0.25) is 0 Å². The maximum Gasteiger partial charge on any atom is 0.245 e. The van der Waals surface area contributed by atoms with Crippen molar-refractivity contribution >= 4 is 5.91 Å². The van der Waals surface area contributed by atoms with Crippen molar-refractivity contribution in [3.05, 3.63) is 12.7 Å². The third-order valence-corrected chi connectivity index (χ3v) is 4.45. The molecular formula is C16H28N2O. The highest BCUT2D eigenvalue weighted by Gasteiger charge is 2.40. The fourth-order valence-electron chi connectivity index (χ4n) is 3.41. The fourth-order valence-corrected chi connectivity index (χ4v) is 3.41. The van der Waals surface area contributed by atoms with E-state index in [1.54, 1.807) is 0 Å². The van der Waals surface area contributed by atoms with Gasteiger partial charge in [0.15, 0.2) is 0 Å². The second-order valence-corrected chi connectivity index (χ2v) is 7.39. The Morgan fingerprint density at radius 2 is 1.79 bits per heavy atom. The second kappa shape index (κ2) is 5.66. The van der Waals surface area contributed by atoms with Gasteiger partial charge in [0.1, 0.15) is 0 Å². The molecule has 0 aliphatic carbocycles. The van der Waals surface area contributed by atoms with E-state index < -0.39 is 0 Å². The highest BCUT2D eigenvalue weighted by atomic mass is 16.2. The summed E-state index contributed by atoms with van der Waals surface area (Å²) in [5, 5.41) is 0. The van der Waals surface area contributed by atoms with E-state index >= 15 is 0 Å². The molecule has 2 rings (SSSR count). The van der Waals surface area contributed by atoms with Crippen LogP contribution < -0.4 is 0 Å². The molecule has 2 fully saturated rings. The van der Waals surface area contributed by atoms with E-state index in [0.717, 1.165) is 13.1 Å². The van der Waals surface area contributed by atoms with E-state index in [1.165, 1.54) is 38.6 Å². The van der Waals surface area contributed by atoms with E-state index in [2.05, 4.69) is 32.3 Å². The Bertz CT molecular complexity index is 331. The predicted molar refractivity (Wildman–Crippen MR) is 78.9 cm³/mol. The molecule has 0 aromatic heterocycles. The summed E-state index contributed by atoms with van der Waals surface area (Å²) in [4.78, 5) is 16.2. The molecule has 1 amide bonds. The summed E-state index contributed by atoms with van der Waals surface area (Å²) >= 11 is 0. The summed E-state index contributed by atoms with van der Waals surface area (Å²) in [7, 11) is 0. The molecule has 0 spiro atoms. The Morgan fingerprint density at radius 3 is 2.26 bits per heavy atom. The minimum absolute atomic E-state index is 0.105. The Morgan fingerprint density at radius 1 is 1.21 bits per heavy atom. The van der Waals surface area contributed by atoms with E-state index in [4.69, 9.17) is 0 Å². The molecule has 19 heavy (non-hydrogen) atoms. The molecule has 2 aliphatic rings. The first-order chi connectivity index (χ1) is 8.89. The van der Waals surface area contributed by atoms with E-state index in [1.807, 2.05) is 4.90 Å². The zero-order valence-corrected chi connectivity index (χ0v) is 12.7. The molecule has 0 aromatic rings. The van der Waals surface area contributed by atoms with Crippen LogP contribution in [-0.4, -0.2) is 48.4 Å². The molecule has 2 atom stereocenters. The van der Waals surface area contributed by atoms with Crippen LogP contribution in [0.4, 0.5) is 0 Å². The predicted octanol–water partition coefficient (Wildman–Crippen LogP) is 2.39. The second-order valence-electron chi connectivity index (χ2n) is 7.39. The molecule has 0 aromatic carbocycles. The zero-order valence-electron chi connectivity index (χ0n) is 12.7. The summed E-state index contributed by atoms with van der Waals surface area (Å²) in [5.74, 6) is 1.49. The zero-order chi connectivity index (χ0) is 14.0. The van der Waals surface area contributed by atoms with Gasteiger partial charge in [0.2, 0.25) is 5.91 Å². The molecule has 108 valence electrons. The Labute approximate surface area is 117 Å². The number of nitrogens with zero attached hydrogens (tertiary/aromatic N) is 2. The van der Waals surface area contributed by atoms with Gasteiger partial charge in [-0.25, -0.2) is 0 Å². The van der Waals surface area contributed by atoms with Gasteiger partial charge >= 0.3 is 0 Å². The summed E-state index contributed by atoms with van der Waals surface area (Å²) in [6.07, 6.45) is 4.03. The molecule has 0 unspecified atom stereocenters. The van der Waals surface area contributed by atoms with Gasteiger partial charge in [-0.1, -0.05) is 27.4 Å². The van der Waals surface area contributed by atoms with E-state index in [9.17, 15) is 4.79 Å². The van der Waals surface area contributed by atoms with Crippen molar-refractivity contribution in [2.45, 2.75) is 33.6 Å². The SMILES string of the molecule is C=CC(=O)N1C[C@H]2CN(CCCC(C)(C)C)C[C@H]2C1. The van der Waals surface area contributed by atoms with E-state index in [0.29, 0.717) is 17.3 Å².